The SMILES string of the molecule is CC(C(=O)Nc1ccc(OCC2CCCO2)cc1)C1CNC1. The summed E-state index contributed by atoms with van der Waals surface area (Å²) in [5, 5.41) is 6.17. The van der Waals surface area contributed by atoms with Gasteiger partial charge in [-0.25, -0.2) is 0 Å². The minimum atomic E-state index is 0.0386. The Morgan fingerprint density at radius 2 is 2.18 bits per heavy atom. The monoisotopic (exact) mass is 304 g/mol. The van der Waals surface area contributed by atoms with Gasteiger partial charge in [0, 0.05) is 18.2 Å². The molecule has 2 saturated heterocycles. The van der Waals surface area contributed by atoms with Crippen LogP contribution < -0.4 is 15.4 Å². The number of amides is 1. The standard InChI is InChI=1S/C17H24N2O3/c1-12(13-9-18-10-13)17(20)19-14-4-6-15(7-5-14)22-11-16-3-2-8-21-16/h4-7,12-13,16,18H,2-3,8-11H2,1H3,(H,19,20). The summed E-state index contributed by atoms with van der Waals surface area (Å²) >= 11 is 0. The van der Waals surface area contributed by atoms with Gasteiger partial charge in [0.1, 0.15) is 12.4 Å². The van der Waals surface area contributed by atoms with E-state index in [-0.39, 0.29) is 17.9 Å². The molecule has 2 N–H and O–H groups in total. The number of anilines is 1. The van der Waals surface area contributed by atoms with Crippen molar-refractivity contribution in [1.82, 2.24) is 5.32 Å². The van der Waals surface area contributed by atoms with Gasteiger partial charge in [-0.2, -0.15) is 0 Å². The predicted molar refractivity (Wildman–Crippen MR) is 85.1 cm³/mol. The molecule has 2 aliphatic heterocycles. The minimum absolute atomic E-state index is 0.0386. The summed E-state index contributed by atoms with van der Waals surface area (Å²) in [4.78, 5) is 12.1. The number of benzene rings is 1. The van der Waals surface area contributed by atoms with Gasteiger partial charge >= 0.3 is 0 Å². The summed E-state index contributed by atoms with van der Waals surface area (Å²) in [6.45, 7) is 5.29. The first-order chi connectivity index (χ1) is 10.7. The molecule has 0 spiro atoms. The van der Waals surface area contributed by atoms with Crippen molar-refractivity contribution in [3.05, 3.63) is 24.3 Å². The molecule has 1 amide bonds. The highest BCUT2D eigenvalue weighted by atomic mass is 16.5. The van der Waals surface area contributed by atoms with Gasteiger partial charge in [0.2, 0.25) is 5.91 Å². The van der Waals surface area contributed by atoms with Crippen molar-refractivity contribution in [3.63, 3.8) is 0 Å². The first kappa shape index (κ1) is 15.3. The van der Waals surface area contributed by atoms with Crippen molar-refractivity contribution < 1.29 is 14.3 Å². The molecule has 0 saturated carbocycles. The Morgan fingerprint density at radius 1 is 1.41 bits per heavy atom. The third-order valence-corrected chi connectivity index (χ3v) is 4.52. The second-order valence-corrected chi connectivity index (χ2v) is 6.17. The maximum atomic E-state index is 12.1. The molecular weight excluding hydrogens is 280 g/mol. The average molecular weight is 304 g/mol. The summed E-state index contributed by atoms with van der Waals surface area (Å²) in [5.41, 5.74) is 0.814. The molecule has 0 radical (unpaired) electrons. The smallest absolute Gasteiger partial charge is 0.227 e. The van der Waals surface area contributed by atoms with Crippen molar-refractivity contribution in [1.29, 1.82) is 0 Å². The first-order valence-electron chi connectivity index (χ1n) is 8.08. The fourth-order valence-electron chi connectivity index (χ4n) is 2.73. The Morgan fingerprint density at radius 3 is 2.77 bits per heavy atom. The van der Waals surface area contributed by atoms with E-state index in [0.29, 0.717) is 12.5 Å². The zero-order chi connectivity index (χ0) is 15.4. The largest absolute Gasteiger partial charge is 0.491 e. The van der Waals surface area contributed by atoms with Crippen LogP contribution in [0.3, 0.4) is 0 Å². The molecule has 2 atom stereocenters. The van der Waals surface area contributed by atoms with E-state index in [2.05, 4.69) is 10.6 Å². The van der Waals surface area contributed by atoms with Crippen LogP contribution in [0.1, 0.15) is 19.8 Å². The summed E-state index contributed by atoms with van der Waals surface area (Å²) in [7, 11) is 0. The van der Waals surface area contributed by atoms with Gasteiger partial charge < -0.3 is 20.1 Å². The van der Waals surface area contributed by atoms with Crippen molar-refractivity contribution in [2.24, 2.45) is 11.8 Å². The van der Waals surface area contributed by atoms with Gasteiger partial charge in [-0.3, -0.25) is 4.79 Å². The highest BCUT2D eigenvalue weighted by Crippen LogP contribution is 2.21. The second-order valence-electron chi connectivity index (χ2n) is 6.17. The molecule has 120 valence electrons. The lowest BCUT2D eigenvalue weighted by Gasteiger charge is -2.31. The van der Waals surface area contributed by atoms with E-state index in [1.807, 2.05) is 31.2 Å². The number of carbonyl (C=O) groups excluding carboxylic acids is 1. The van der Waals surface area contributed by atoms with Crippen molar-refractivity contribution in [2.75, 3.05) is 31.6 Å². The number of rotatable bonds is 6. The highest BCUT2D eigenvalue weighted by Gasteiger charge is 2.28. The van der Waals surface area contributed by atoms with Crippen molar-refractivity contribution >= 4 is 11.6 Å². The maximum Gasteiger partial charge on any atom is 0.227 e. The van der Waals surface area contributed by atoms with Crippen LogP contribution in [0.4, 0.5) is 5.69 Å². The van der Waals surface area contributed by atoms with E-state index in [0.717, 1.165) is 44.0 Å². The van der Waals surface area contributed by atoms with E-state index in [1.54, 1.807) is 0 Å². The lowest BCUT2D eigenvalue weighted by molar-refractivity contribution is -0.121. The molecule has 1 aromatic rings. The summed E-state index contributed by atoms with van der Waals surface area (Å²) in [6.07, 6.45) is 2.41. The molecule has 0 bridgehead atoms. The van der Waals surface area contributed by atoms with E-state index in [4.69, 9.17) is 9.47 Å². The zero-order valence-electron chi connectivity index (χ0n) is 13.0. The second kappa shape index (κ2) is 7.11. The van der Waals surface area contributed by atoms with Crippen LogP contribution in [0.15, 0.2) is 24.3 Å². The van der Waals surface area contributed by atoms with E-state index in [1.165, 1.54) is 0 Å². The molecule has 2 aliphatic rings. The van der Waals surface area contributed by atoms with E-state index >= 15 is 0 Å². The normalized spacial score (nSPS) is 22.9. The van der Waals surface area contributed by atoms with Gasteiger partial charge in [0.25, 0.3) is 0 Å². The van der Waals surface area contributed by atoms with Crippen LogP contribution in [0.5, 0.6) is 5.75 Å². The third kappa shape index (κ3) is 3.78. The molecule has 1 aromatic carbocycles. The molecule has 5 heteroatoms. The number of carbonyl (C=O) groups is 1. The topological polar surface area (TPSA) is 59.6 Å². The summed E-state index contributed by atoms with van der Waals surface area (Å²) in [6, 6.07) is 7.54. The van der Waals surface area contributed by atoms with Crippen LogP contribution in [0, 0.1) is 11.8 Å². The van der Waals surface area contributed by atoms with E-state index < -0.39 is 0 Å². The number of nitrogens with one attached hydrogen (secondary N) is 2. The number of ether oxygens (including phenoxy) is 2. The molecule has 0 aromatic heterocycles. The molecule has 2 fully saturated rings. The van der Waals surface area contributed by atoms with Gasteiger partial charge in [-0.1, -0.05) is 6.92 Å². The molecule has 22 heavy (non-hydrogen) atoms. The maximum absolute atomic E-state index is 12.1. The van der Waals surface area contributed by atoms with Gasteiger partial charge in [-0.05, 0) is 56.1 Å². The van der Waals surface area contributed by atoms with Crippen LogP contribution >= 0.6 is 0 Å². The van der Waals surface area contributed by atoms with Crippen molar-refractivity contribution in [3.8, 4) is 5.75 Å². The van der Waals surface area contributed by atoms with Crippen molar-refractivity contribution in [2.45, 2.75) is 25.9 Å². The van der Waals surface area contributed by atoms with E-state index in [9.17, 15) is 4.79 Å². The lowest BCUT2D eigenvalue weighted by atomic mass is 9.88. The van der Waals surface area contributed by atoms with Gasteiger partial charge in [0.05, 0.1) is 6.10 Å². The van der Waals surface area contributed by atoms with Crippen LogP contribution in [0.25, 0.3) is 0 Å². The number of hydrogen-bond acceptors (Lipinski definition) is 4. The average Bonchev–Trinajstić information content (AvgIpc) is 2.98. The van der Waals surface area contributed by atoms with Gasteiger partial charge in [0.15, 0.2) is 0 Å². The molecule has 2 heterocycles. The minimum Gasteiger partial charge on any atom is -0.491 e. The molecule has 5 nitrogen and oxygen atoms in total. The van der Waals surface area contributed by atoms with Crippen LogP contribution in [-0.2, 0) is 9.53 Å². The first-order valence-corrected chi connectivity index (χ1v) is 8.08. The van der Waals surface area contributed by atoms with Gasteiger partial charge in [-0.15, -0.1) is 0 Å². The summed E-state index contributed by atoms with van der Waals surface area (Å²) in [5.74, 6) is 1.38. The molecule has 2 unspecified atom stereocenters. The number of hydrogen-bond donors (Lipinski definition) is 2. The van der Waals surface area contributed by atoms with Crippen LogP contribution in [-0.4, -0.2) is 38.3 Å². The Bertz CT molecular complexity index is 493. The lowest BCUT2D eigenvalue weighted by Crippen LogP contribution is -2.48. The Balaban J connectivity index is 1.47. The zero-order valence-corrected chi connectivity index (χ0v) is 13.0. The fourth-order valence-corrected chi connectivity index (χ4v) is 2.73. The Labute approximate surface area is 131 Å². The fraction of sp³-hybridized carbons (Fsp3) is 0.588. The third-order valence-electron chi connectivity index (χ3n) is 4.52. The van der Waals surface area contributed by atoms with Crippen LogP contribution in [0.2, 0.25) is 0 Å². The Hall–Kier alpha value is -1.59. The summed E-state index contributed by atoms with van der Waals surface area (Å²) < 4.78 is 11.2. The molecule has 3 rings (SSSR count). The Kier molecular flexibility index (Phi) is 4.95. The quantitative estimate of drug-likeness (QED) is 0.844. The highest BCUT2D eigenvalue weighted by molar-refractivity contribution is 5.92. The predicted octanol–water partition coefficient (Wildman–Crippen LogP) is 2.04. The molecule has 0 aliphatic carbocycles. The molecular formula is C17H24N2O3.